The number of rotatable bonds is 7. The van der Waals surface area contributed by atoms with Gasteiger partial charge in [0.1, 0.15) is 5.82 Å². The number of fused-ring (bicyclic) bond motifs is 1. The maximum absolute atomic E-state index is 5.69. The van der Waals surface area contributed by atoms with Crippen molar-refractivity contribution in [1.29, 1.82) is 0 Å². The van der Waals surface area contributed by atoms with Crippen molar-refractivity contribution in [3.05, 3.63) is 60.8 Å². The molecule has 2 aromatic carbocycles. The van der Waals surface area contributed by atoms with Crippen LogP contribution in [0.25, 0.3) is 22.2 Å². The second kappa shape index (κ2) is 12.5. The van der Waals surface area contributed by atoms with E-state index in [1.807, 2.05) is 12.3 Å². The first-order chi connectivity index (χ1) is 16.9. The fourth-order valence-electron chi connectivity index (χ4n) is 3.90. The van der Waals surface area contributed by atoms with Gasteiger partial charge in [-0.3, -0.25) is 9.98 Å². The first kappa shape index (κ1) is 26.5. The lowest BCUT2D eigenvalue weighted by molar-refractivity contribution is 0.312. The van der Waals surface area contributed by atoms with E-state index in [4.69, 9.17) is 16.5 Å². The van der Waals surface area contributed by atoms with Crippen LogP contribution in [-0.2, 0) is 6.42 Å². The Hall–Kier alpha value is -3.13. The van der Waals surface area contributed by atoms with E-state index in [9.17, 15) is 0 Å². The fourth-order valence-corrected chi connectivity index (χ4v) is 3.90. The zero-order valence-corrected chi connectivity index (χ0v) is 21.3. The van der Waals surface area contributed by atoms with Crippen LogP contribution in [0.1, 0.15) is 19.4 Å². The molecule has 35 heavy (non-hydrogen) atoms. The molecule has 7 heteroatoms. The van der Waals surface area contributed by atoms with Crippen LogP contribution in [0.3, 0.4) is 0 Å². The van der Waals surface area contributed by atoms with E-state index in [0.29, 0.717) is 12.5 Å². The van der Waals surface area contributed by atoms with Crippen LogP contribution in [0, 0.1) is 5.92 Å². The molecule has 0 aliphatic carbocycles. The SMILES string of the molecule is C=CC(N)C(C)C.C=Nc1cc(-c2ccc3ncc(N4CCN(C)CC4)nc3c2)ccc1CCN. The monoisotopic (exact) mass is 473 g/mol. The Bertz CT molecular complexity index is 1130. The summed E-state index contributed by atoms with van der Waals surface area (Å²) in [7, 11) is 2.15. The standard InChI is InChI=1S/C22H26N6.C6H13N/c1-24-20-13-17(4-3-16(20)7-8-23)18-5-6-19-21(14-18)26-22(15-25-19)28-11-9-27(2)10-12-28;1-4-6(7)5(2)3/h3-6,13-15H,1,7-12,23H2,2H3;4-6H,1,7H2,2-3H3. The maximum atomic E-state index is 5.69. The van der Waals surface area contributed by atoms with E-state index in [-0.39, 0.29) is 6.04 Å². The topological polar surface area (TPSA) is 96.7 Å². The van der Waals surface area contributed by atoms with Crippen molar-refractivity contribution >= 4 is 29.3 Å². The highest BCUT2D eigenvalue weighted by molar-refractivity contribution is 5.83. The van der Waals surface area contributed by atoms with Gasteiger partial charge in [0.25, 0.3) is 0 Å². The van der Waals surface area contributed by atoms with Crippen LogP contribution < -0.4 is 16.4 Å². The summed E-state index contributed by atoms with van der Waals surface area (Å²) in [4.78, 5) is 18.3. The number of aliphatic imine (C=N–C) groups is 1. The minimum atomic E-state index is 0.167. The lowest BCUT2D eigenvalue weighted by Gasteiger charge is -2.33. The first-order valence-corrected chi connectivity index (χ1v) is 12.2. The van der Waals surface area contributed by atoms with Crippen molar-refractivity contribution in [2.24, 2.45) is 22.4 Å². The summed E-state index contributed by atoms with van der Waals surface area (Å²) in [5.74, 6) is 1.47. The van der Waals surface area contributed by atoms with Gasteiger partial charge in [0.2, 0.25) is 0 Å². The molecule has 7 nitrogen and oxygen atoms in total. The Labute approximate surface area is 209 Å². The summed E-state index contributed by atoms with van der Waals surface area (Å²) in [6.07, 6.45) is 4.45. The average Bonchev–Trinajstić information content (AvgIpc) is 2.88. The Kier molecular flexibility index (Phi) is 9.48. The van der Waals surface area contributed by atoms with Crippen LogP contribution >= 0.6 is 0 Å². The van der Waals surface area contributed by atoms with Crippen LogP contribution in [-0.4, -0.2) is 67.4 Å². The first-order valence-electron chi connectivity index (χ1n) is 12.2. The molecule has 1 atom stereocenters. The molecule has 1 aliphatic heterocycles. The largest absolute Gasteiger partial charge is 0.353 e. The summed E-state index contributed by atoms with van der Waals surface area (Å²) in [6.45, 7) is 16.1. The average molecular weight is 474 g/mol. The van der Waals surface area contributed by atoms with Crippen LogP contribution in [0.4, 0.5) is 11.5 Å². The van der Waals surface area contributed by atoms with Gasteiger partial charge in [-0.15, -0.1) is 6.58 Å². The Balaban J connectivity index is 0.000000429. The van der Waals surface area contributed by atoms with Gasteiger partial charge in [0.05, 0.1) is 22.9 Å². The minimum Gasteiger partial charge on any atom is -0.353 e. The number of nitrogens with two attached hydrogens (primary N) is 2. The van der Waals surface area contributed by atoms with Crippen molar-refractivity contribution in [2.75, 3.05) is 44.7 Å². The van der Waals surface area contributed by atoms with Gasteiger partial charge in [-0.25, -0.2) is 4.98 Å². The third-order valence-electron chi connectivity index (χ3n) is 6.40. The van der Waals surface area contributed by atoms with E-state index in [1.54, 1.807) is 6.08 Å². The summed E-state index contributed by atoms with van der Waals surface area (Å²) >= 11 is 0. The number of benzene rings is 2. The number of aromatic nitrogens is 2. The number of hydrogen-bond acceptors (Lipinski definition) is 7. The molecule has 1 fully saturated rings. The second-order valence-electron chi connectivity index (χ2n) is 9.32. The molecule has 1 unspecified atom stereocenters. The van der Waals surface area contributed by atoms with Crippen LogP contribution in [0.5, 0.6) is 0 Å². The van der Waals surface area contributed by atoms with Gasteiger partial charge >= 0.3 is 0 Å². The molecule has 1 aliphatic rings. The van der Waals surface area contributed by atoms with E-state index >= 15 is 0 Å². The highest BCUT2D eigenvalue weighted by Crippen LogP contribution is 2.29. The number of anilines is 1. The molecule has 2 heterocycles. The predicted molar refractivity (Wildman–Crippen MR) is 150 cm³/mol. The Morgan fingerprint density at radius 3 is 2.34 bits per heavy atom. The summed E-state index contributed by atoms with van der Waals surface area (Å²) < 4.78 is 0. The highest BCUT2D eigenvalue weighted by atomic mass is 15.3. The summed E-state index contributed by atoms with van der Waals surface area (Å²) in [6, 6.07) is 12.6. The third-order valence-corrected chi connectivity index (χ3v) is 6.40. The molecule has 1 aromatic heterocycles. The molecule has 0 spiro atoms. The predicted octanol–water partition coefficient (Wildman–Crippen LogP) is 4.04. The smallest absolute Gasteiger partial charge is 0.147 e. The summed E-state index contributed by atoms with van der Waals surface area (Å²) in [5, 5.41) is 0. The third kappa shape index (κ3) is 6.94. The van der Waals surface area contributed by atoms with Crippen molar-refractivity contribution in [2.45, 2.75) is 26.3 Å². The Morgan fingerprint density at radius 2 is 1.74 bits per heavy atom. The van der Waals surface area contributed by atoms with E-state index in [2.05, 4.69) is 84.3 Å². The number of hydrogen-bond donors (Lipinski definition) is 2. The van der Waals surface area contributed by atoms with E-state index < -0.39 is 0 Å². The van der Waals surface area contributed by atoms with Crippen molar-refractivity contribution in [1.82, 2.24) is 14.9 Å². The van der Waals surface area contributed by atoms with Gasteiger partial charge in [0, 0.05) is 32.2 Å². The lowest BCUT2D eigenvalue weighted by Crippen LogP contribution is -2.44. The zero-order chi connectivity index (χ0) is 25.4. The second-order valence-corrected chi connectivity index (χ2v) is 9.32. The molecular weight excluding hydrogens is 434 g/mol. The molecule has 4 N–H and O–H groups in total. The normalized spacial score (nSPS) is 15.0. The fraction of sp³-hybridized carbons (Fsp3) is 0.393. The van der Waals surface area contributed by atoms with Gasteiger partial charge in [-0.1, -0.05) is 38.1 Å². The molecule has 186 valence electrons. The zero-order valence-electron chi connectivity index (χ0n) is 21.3. The van der Waals surface area contributed by atoms with E-state index in [1.165, 1.54) is 0 Å². The van der Waals surface area contributed by atoms with Gasteiger partial charge in [-0.2, -0.15) is 0 Å². The Morgan fingerprint density at radius 1 is 1.06 bits per heavy atom. The highest BCUT2D eigenvalue weighted by Gasteiger charge is 2.16. The van der Waals surface area contributed by atoms with E-state index in [0.717, 1.165) is 71.8 Å². The quantitative estimate of drug-likeness (QED) is 0.397. The number of likely N-dealkylation sites (N-methyl/N-ethyl adjacent to an activating group) is 1. The maximum Gasteiger partial charge on any atom is 0.147 e. The molecule has 3 aromatic rings. The number of nitrogens with zero attached hydrogens (tertiary/aromatic N) is 5. The minimum absolute atomic E-state index is 0.167. The van der Waals surface area contributed by atoms with Crippen molar-refractivity contribution < 1.29 is 0 Å². The summed E-state index contributed by atoms with van der Waals surface area (Å²) in [5.41, 5.74) is 17.2. The van der Waals surface area contributed by atoms with Crippen molar-refractivity contribution in [3.8, 4) is 11.1 Å². The van der Waals surface area contributed by atoms with Crippen LogP contribution in [0.2, 0.25) is 0 Å². The van der Waals surface area contributed by atoms with Gasteiger partial charge in [0.15, 0.2) is 0 Å². The molecule has 0 bridgehead atoms. The molecule has 0 amide bonds. The van der Waals surface area contributed by atoms with Gasteiger partial charge in [-0.05, 0) is 67.5 Å². The lowest BCUT2D eigenvalue weighted by atomic mass is 10.0. The molecule has 0 saturated carbocycles. The number of piperazine rings is 1. The van der Waals surface area contributed by atoms with Crippen LogP contribution in [0.15, 0.2) is 60.2 Å². The van der Waals surface area contributed by atoms with Crippen molar-refractivity contribution in [3.63, 3.8) is 0 Å². The molecule has 0 radical (unpaired) electrons. The van der Waals surface area contributed by atoms with Gasteiger partial charge < -0.3 is 21.3 Å². The molecular formula is C28H39N7. The molecule has 1 saturated heterocycles. The molecule has 4 rings (SSSR count).